The molecule has 3 rings (SSSR count). The van der Waals surface area contributed by atoms with Crippen LogP contribution in [0.2, 0.25) is 0 Å². The highest BCUT2D eigenvalue weighted by Crippen LogP contribution is 2.07. The minimum absolute atomic E-state index is 0.123. The summed E-state index contributed by atoms with van der Waals surface area (Å²) in [5.41, 5.74) is 0.184. The van der Waals surface area contributed by atoms with Gasteiger partial charge in [0, 0.05) is 12.7 Å². The third-order valence-corrected chi connectivity index (χ3v) is 3.04. The van der Waals surface area contributed by atoms with E-state index < -0.39 is 11.4 Å². The highest BCUT2D eigenvalue weighted by atomic mass is 19.1. The second-order valence-corrected chi connectivity index (χ2v) is 4.51. The van der Waals surface area contributed by atoms with Gasteiger partial charge in [-0.2, -0.15) is 5.10 Å². The summed E-state index contributed by atoms with van der Waals surface area (Å²) in [5.74, 6) is -0.859. The summed E-state index contributed by atoms with van der Waals surface area (Å²) in [4.78, 5) is 23.8. The normalized spacial score (nSPS) is 10.8. The lowest BCUT2D eigenvalue weighted by Crippen LogP contribution is -2.32. The van der Waals surface area contributed by atoms with Gasteiger partial charge in [0.05, 0.1) is 11.9 Å². The van der Waals surface area contributed by atoms with Crippen molar-refractivity contribution in [1.82, 2.24) is 30.5 Å². The zero-order valence-electron chi connectivity index (χ0n) is 11.3. The largest absolute Gasteiger partial charge is 0.349 e. The maximum Gasteiger partial charge on any atom is 0.277 e. The molecule has 2 heterocycles. The molecule has 0 aliphatic heterocycles. The number of nitrogens with one attached hydrogen (secondary N) is 2. The lowest BCUT2D eigenvalue weighted by atomic mass is 10.2. The zero-order chi connectivity index (χ0) is 15.5. The first kappa shape index (κ1) is 13.9. The number of nitrogens with zero attached hydrogens (tertiary/aromatic N) is 4. The third-order valence-electron chi connectivity index (χ3n) is 3.04. The Hall–Kier alpha value is -3.10. The van der Waals surface area contributed by atoms with Crippen molar-refractivity contribution in [2.45, 2.75) is 6.54 Å². The quantitative estimate of drug-likeness (QED) is 0.710. The predicted octanol–water partition coefficient (Wildman–Crippen LogP) is 0.0837. The Labute approximate surface area is 123 Å². The number of hydrogen-bond acceptors (Lipinski definition) is 5. The molecule has 22 heavy (non-hydrogen) atoms. The molecule has 0 saturated heterocycles. The van der Waals surface area contributed by atoms with Crippen LogP contribution in [0.3, 0.4) is 0 Å². The van der Waals surface area contributed by atoms with Gasteiger partial charge in [0.2, 0.25) is 0 Å². The average Bonchev–Trinajstić information content (AvgIpc) is 3.04. The number of aromatic amines is 1. The Balaban J connectivity index is 1.73. The average molecular weight is 302 g/mol. The fourth-order valence-corrected chi connectivity index (χ4v) is 1.95. The number of hydrogen-bond donors (Lipinski definition) is 2. The number of halogens is 1. The zero-order valence-corrected chi connectivity index (χ0v) is 11.3. The standard InChI is InChI=1S/C13H11FN6O2/c14-8-1-2-10-9(7-8)13(22)20(19-18-10)6-5-15-12(21)11-3-4-16-17-11/h1-4,7H,5-6H2,(H,15,21)(H,16,17). The Bertz CT molecular complexity index is 874. The summed E-state index contributed by atoms with van der Waals surface area (Å²) in [7, 11) is 0. The third kappa shape index (κ3) is 2.68. The maximum atomic E-state index is 13.2. The smallest absolute Gasteiger partial charge is 0.277 e. The van der Waals surface area contributed by atoms with E-state index in [1.165, 1.54) is 24.4 Å². The first-order valence-electron chi connectivity index (χ1n) is 6.46. The molecule has 0 bridgehead atoms. The fraction of sp³-hybridized carbons (Fsp3) is 0.154. The summed E-state index contributed by atoms with van der Waals surface area (Å²) in [6, 6.07) is 5.25. The number of H-pyrrole nitrogens is 1. The van der Waals surface area contributed by atoms with Gasteiger partial charge in [-0.05, 0) is 24.3 Å². The van der Waals surface area contributed by atoms with E-state index >= 15 is 0 Å². The van der Waals surface area contributed by atoms with Crippen molar-refractivity contribution in [2.24, 2.45) is 0 Å². The minimum atomic E-state index is -0.517. The Morgan fingerprint density at radius 2 is 2.23 bits per heavy atom. The second kappa shape index (κ2) is 5.72. The van der Waals surface area contributed by atoms with E-state index in [1.54, 1.807) is 0 Å². The first-order chi connectivity index (χ1) is 10.6. The molecule has 3 aromatic rings. The van der Waals surface area contributed by atoms with E-state index in [1.807, 2.05) is 0 Å². The minimum Gasteiger partial charge on any atom is -0.349 e. The van der Waals surface area contributed by atoms with Gasteiger partial charge < -0.3 is 5.32 Å². The summed E-state index contributed by atoms with van der Waals surface area (Å²) < 4.78 is 14.3. The van der Waals surface area contributed by atoms with Crippen LogP contribution in [0.1, 0.15) is 10.5 Å². The van der Waals surface area contributed by atoms with E-state index in [4.69, 9.17) is 0 Å². The topological polar surface area (TPSA) is 106 Å². The Kier molecular flexibility index (Phi) is 3.60. The lowest BCUT2D eigenvalue weighted by molar-refractivity contribution is 0.0946. The summed E-state index contributed by atoms with van der Waals surface area (Å²) in [6.07, 6.45) is 1.46. The van der Waals surface area contributed by atoms with Crippen LogP contribution in [0.4, 0.5) is 4.39 Å². The molecular weight excluding hydrogens is 291 g/mol. The molecule has 0 aliphatic rings. The number of carbonyl (C=O) groups is 1. The van der Waals surface area contributed by atoms with Crippen LogP contribution < -0.4 is 10.9 Å². The van der Waals surface area contributed by atoms with Crippen LogP contribution in [0, 0.1) is 5.82 Å². The monoisotopic (exact) mass is 302 g/mol. The van der Waals surface area contributed by atoms with Crippen molar-refractivity contribution in [3.05, 3.63) is 52.3 Å². The number of aromatic nitrogens is 5. The summed E-state index contributed by atoms with van der Waals surface area (Å²) >= 11 is 0. The lowest BCUT2D eigenvalue weighted by Gasteiger charge is -2.06. The summed E-state index contributed by atoms with van der Waals surface area (Å²) in [5, 5.41) is 16.6. The highest BCUT2D eigenvalue weighted by molar-refractivity contribution is 5.92. The van der Waals surface area contributed by atoms with Gasteiger partial charge in [0.15, 0.2) is 0 Å². The Morgan fingerprint density at radius 1 is 1.36 bits per heavy atom. The summed E-state index contributed by atoms with van der Waals surface area (Å²) in [6.45, 7) is 0.297. The molecule has 9 heteroatoms. The van der Waals surface area contributed by atoms with Gasteiger partial charge in [-0.25, -0.2) is 9.07 Å². The van der Waals surface area contributed by atoms with Crippen molar-refractivity contribution < 1.29 is 9.18 Å². The van der Waals surface area contributed by atoms with Crippen LogP contribution in [0.15, 0.2) is 35.3 Å². The van der Waals surface area contributed by atoms with Crippen LogP contribution >= 0.6 is 0 Å². The van der Waals surface area contributed by atoms with Gasteiger partial charge in [-0.1, -0.05) is 5.21 Å². The molecule has 0 atom stereocenters. The molecule has 0 unspecified atom stereocenters. The van der Waals surface area contributed by atoms with Crippen molar-refractivity contribution in [2.75, 3.05) is 6.54 Å². The van der Waals surface area contributed by atoms with E-state index in [0.29, 0.717) is 11.2 Å². The molecule has 1 amide bonds. The van der Waals surface area contributed by atoms with Crippen molar-refractivity contribution in [3.8, 4) is 0 Å². The van der Waals surface area contributed by atoms with Crippen LogP contribution in [0.25, 0.3) is 10.9 Å². The van der Waals surface area contributed by atoms with E-state index in [9.17, 15) is 14.0 Å². The number of rotatable bonds is 4. The van der Waals surface area contributed by atoms with Crippen LogP contribution in [0.5, 0.6) is 0 Å². The molecule has 2 aromatic heterocycles. The van der Waals surface area contributed by atoms with Crippen LogP contribution in [-0.4, -0.2) is 37.6 Å². The molecule has 1 aromatic carbocycles. The highest BCUT2D eigenvalue weighted by Gasteiger charge is 2.08. The number of benzene rings is 1. The Morgan fingerprint density at radius 3 is 3.00 bits per heavy atom. The first-order valence-corrected chi connectivity index (χ1v) is 6.46. The predicted molar refractivity (Wildman–Crippen MR) is 74.7 cm³/mol. The molecule has 0 aliphatic carbocycles. The van der Waals surface area contributed by atoms with Gasteiger partial charge in [-0.3, -0.25) is 14.7 Å². The van der Waals surface area contributed by atoms with Gasteiger partial charge in [-0.15, -0.1) is 5.10 Å². The number of fused-ring (bicyclic) bond motifs is 1. The molecular formula is C13H11FN6O2. The molecule has 0 saturated carbocycles. The van der Waals surface area contributed by atoms with Crippen molar-refractivity contribution in [3.63, 3.8) is 0 Å². The molecule has 8 nitrogen and oxygen atoms in total. The molecule has 112 valence electrons. The van der Waals surface area contributed by atoms with Gasteiger partial charge in [0.25, 0.3) is 11.5 Å². The van der Waals surface area contributed by atoms with E-state index in [2.05, 4.69) is 25.8 Å². The fourth-order valence-electron chi connectivity index (χ4n) is 1.95. The van der Waals surface area contributed by atoms with Crippen molar-refractivity contribution in [1.29, 1.82) is 0 Å². The van der Waals surface area contributed by atoms with Crippen LogP contribution in [-0.2, 0) is 6.54 Å². The maximum absolute atomic E-state index is 13.2. The molecule has 0 fully saturated rings. The molecule has 2 N–H and O–H groups in total. The van der Waals surface area contributed by atoms with Gasteiger partial charge in [0.1, 0.15) is 17.0 Å². The van der Waals surface area contributed by atoms with E-state index in [0.717, 1.165) is 10.7 Å². The van der Waals surface area contributed by atoms with Gasteiger partial charge >= 0.3 is 0 Å². The second-order valence-electron chi connectivity index (χ2n) is 4.51. The molecule has 0 spiro atoms. The number of carbonyl (C=O) groups excluding carboxylic acids is 1. The van der Waals surface area contributed by atoms with E-state index in [-0.39, 0.29) is 24.4 Å². The molecule has 0 radical (unpaired) electrons. The van der Waals surface area contributed by atoms with Crippen molar-refractivity contribution >= 4 is 16.8 Å². The number of amides is 1. The SMILES string of the molecule is O=C(NCCn1nnc2ccc(F)cc2c1=O)c1ccn[nH]1.